The molecule has 0 aliphatic heterocycles. The minimum atomic E-state index is -0.546. The van der Waals surface area contributed by atoms with E-state index in [1.807, 2.05) is 0 Å². The van der Waals surface area contributed by atoms with Crippen molar-refractivity contribution in [1.82, 2.24) is 0 Å². The first-order chi connectivity index (χ1) is 8.09. The zero-order chi connectivity index (χ0) is 12.4. The quantitative estimate of drug-likeness (QED) is 0.786. The Balaban J connectivity index is 2.25. The molecular formula is C12H7Cl2FO2. The van der Waals surface area contributed by atoms with E-state index in [0.29, 0.717) is 5.56 Å². The summed E-state index contributed by atoms with van der Waals surface area (Å²) in [5, 5.41) is -0.0111. The summed E-state index contributed by atoms with van der Waals surface area (Å²) in [6, 6.07) is 5.80. The second-order valence-electron chi connectivity index (χ2n) is 3.42. The van der Waals surface area contributed by atoms with Crippen molar-refractivity contribution in [2.24, 2.45) is 0 Å². The lowest BCUT2D eigenvalue weighted by atomic mass is 10.1. The maximum absolute atomic E-state index is 13.2. The molecule has 1 aromatic carbocycles. The number of hydrogen-bond donors (Lipinski definition) is 0. The van der Waals surface area contributed by atoms with E-state index in [1.165, 1.54) is 24.5 Å². The molecule has 2 nitrogen and oxygen atoms in total. The highest BCUT2D eigenvalue weighted by Crippen LogP contribution is 2.23. The van der Waals surface area contributed by atoms with Gasteiger partial charge in [-0.2, -0.15) is 0 Å². The summed E-state index contributed by atoms with van der Waals surface area (Å²) in [4.78, 5) is 11.8. The van der Waals surface area contributed by atoms with Gasteiger partial charge in [-0.1, -0.05) is 23.7 Å². The lowest BCUT2D eigenvalue weighted by Crippen LogP contribution is -2.03. The average molecular weight is 273 g/mol. The molecule has 0 unspecified atom stereocenters. The number of carbonyl (C=O) groups excluding carboxylic acids is 1. The first kappa shape index (κ1) is 12.1. The molecule has 0 amide bonds. The lowest BCUT2D eigenvalue weighted by molar-refractivity contribution is 0.0992. The summed E-state index contributed by atoms with van der Waals surface area (Å²) in [5.74, 6) is -0.813. The Bertz CT molecular complexity index is 563. The molecule has 0 fully saturated rings. The van der Waals surface area contributed by atoms with Gasteiger partial charge in [-0.3, -0.25) is 4.79 Å². The van der Waals surface area contributed by atoms with Crippen molar-refractivity contribution in [2.75, 3.05) is 0 Å². The van der Waals surface area contributed by atoms with Gasteiger partial charge in [-0.25, -0.2) is 4.39 Å². The molecule has 0 radical (unpaired) electrons. The van der Waals surface area contributed by atoms with E-state index in [2.05, 4.69) is 0 Å². The Morgan fingerprint density at radius 3 is 2.71 bits per heavy atom. The van der Waals surface area contributed by atoms with Crippen LogP contribution >= 0.6 is 23.2 Å². The maximum Gasteiger partial charge on any atom is 0.203 e. The fourth-order valence-electron chi connectivity index (χ4n) is 1.45. The van der Waals surface area contributed by atoms with Gasteiger partial charge >= 0.3 is 0 Å². The van der Waals surface area contributed by atoms with Gasteiger partial charge in [-0.05, 0) is 29.3 Å². The second kappa shape index (κ2) is 4.90. The summed E-state index contributed by atoms with van der Waals surface area (Å²) in [6.45, 7) is 0. The van der Waals surface area contributed by atoms with Crippen molar-refractivity contribution in [3.8, 4) is 0 Å². The topological polar surface area (TPSA) is 30.2 Å². The van der Waals surface area contributed by atoms with Crippen LogP contribution in [0.4, 0.5) is 4.39 Å². The Hall–Kier alpha value is -1.32. The van der Waals surface area contributed by atoms with Crippen molar-refractivity contribution >= 4 is 29.0 Å². The molecule has 0 aliphatic carbocycles. The van der Waals surface area contributed by atoms with Gasteiger partial charge in [0.05, 0.1) is 16.8 Å². The van der Waals surface area contributed by atoms with Gasteiger partial charge in [0, 0.05) is 6.42 Å². The molecule has 1 aromatic heterocycles. The van der Waals surface area contributed by atoms with Crippen LogP contribution in [0.3, 0.4) is 0 Å². The molecule has 17 heavy (non-hydrogen) atoms. The van der Waals surface area contributed by atoms with Crippen molar-refractivity contribution in [3.63, 3.8) is 0 Å². The number of furan rings is 1. The molecule has 0 aliphatic rings. The molecule has 0 saturated heterocycles. The third-order valence-corrected chi connectivity index (χ3v) is 3.02. The van der Waals surface area contributed by atoms with Crippen LogP contribution in [0.2, 0.25) is 10.2 Å². The van der Waals surface area contributed by atoms with E-state index in [9.17, 15) is 9.18 Å². The van der Waals surface area contributed by atoms with E-state index < -0.39 is 5.82 Å². The van der Waals surface area contributed by atoms with Crippen molar-refractivity contribution in [3.05, 3.63) is 57.7 Å². The summed E-state index contributed by atoms with van der Waals surface area (Å²) in [6.07, 6.45) is 1.30. The molecule has 88 valence electrons. The van der Waals surface area contributed by atoms with Crippen LogP contribution in [0.1, 0.15) is 15.9 Å². The molecular weight excluding hydrogens is 266 g/mol. The number of rotatable bonds is 3. The van der Waals surface area contributed by atoms with Crippen LogP contribution < -0.4 is 0 Å². The Kier molecular flexibility index (Phi) is 3.50. The fourth-order valence-corrected chi connectivity index (χ4v) is 1.86. The van der Waals surface area contributed by atoms with E-state index in [-0.39, 0.29) is 28.0 Å². The number of benzene rings is 1. The zero-order valence-electron chi connectivity index (χ0n) is 8.54. The lowest BCUT2D eigenvalue weighted by Gasteiger charge is -2.03. The minimum absolute atomic E-state index is 0.0180. The van der Waals surface area contributed by atoms with Crippen molar-refractivity contribution in [2.45, 2.75) is 6.42 Å². The normalized spacial score (nSPS) is 10.5. The molecule has 0 atom stereocenters. The molecule has 0 bridgehead atoms. The summed E-state index contributed by atoms with van der Waals surface area (Å²) >= 11 is 11.4. The Morgan fingerprint density at radius 2 is 2.06 bits per heavy atom. The second-order valence-corrected chi connectivity index (χ2v) is 4.14. The molecule has 5 heteroatoms. The summed E-state index contributed by atoms with van der Waals surface area (Å²) in [7, 11) is 0. The molecule has 0 N–H and O–H groups in total. The van der Waals surface area contributed by atoms with Crippen LogP contribution in [-0.2, 0) is 6.42 Å². The third kappa shape index (κ3) is 2.51. The Morgan fingerprint density at radius 1 is 1.29 bits per heavy atom. The number of hydrogen-bond acceptors (Lipinski definition) is 2. The molecule has 0 saturated carbocycles. The number of carbonyl (C=O) groups is 1. The van der Waals surface area contributed by atoms with E-state index in [1.54, 1.807) is 6.07 Å². The van der Waals surface area contributed by atoms with Crippen molar-refractivity contribution in [1.29, 1.82) is 0 Å². The highest BCUT2D eigenvalue weighted by atomic mass is 35.5. The van der Waals surface area contributed by atoms with Crippen LogP contribution in [0.25, 0.3) is 0 Å². The smallest absolute Gasteiger partial charge is 0.203 e. The van der Waals surface area contributed by atoms with Crippen LogP contribution in [0, 0.1) is 5.82 Å². The van der Waals surface area contributed by atoms with Gasteiger partial charge < -0.3 is 4.42 Å². The predicted molar refractivity (Wildman–Crippen MR) is 63.2 cm³/mol. The van der Waals surface area contributed by atoms with Gasteiger partial charge in [0.1, 0.15) is 5.82 Å². The number of Topliss-reactive ketones (excluding diaryl/α,β-unsaturated/α-hetero) is 1. The van der Waals surface area contributed by atoms with Gasteiger partial charge in [0.25, 0.3) is 0 Å². The summed E-state index contributed by atoms with van der Waals surface area (Å²) in [5.41, 5.74) is 0.695. The largest absolute Gasteiger partial charge is 0.452 e. The minimum Gasteiger partial charge on any atom is -0.452 e. The SMILES string of the molecule is O=C(Cc1cccc(F)c1Cl)c1ccoc1Cl. The van der Waals surface area contributed by atoms with Crippen LogP contribution in [0.5, 0.6) is 0 Å². The maximum atomic E-state index is 13.2. The molecule has 2 aromatic rings. The summed E-state index contributed by atoms with van der Waals surface area (Å²) < 4.78 is 18.0. The highest BCUT2D eigenvalue weighted by molar-refractivity contribution is 6.33. The number of halogens is 3. The molecule has 0 spiro atoms. The molecule has 1 heterocycles. The van der Waals surface area contributed by atoms with Gasteiger partial charge in [0.2, 0.25) is 5.22 Å². The predicted octanol–water partition coefficient (Wildman–Crippen LogP) is 4.15. The van der Waals surface area contributed by atoms with Crippen LogP contribution in [-0.4, -0.2) is 5.78 Å². The first-order valence-electron chi connectivity index (χ1n) is 4.78. The Labute approximate surface area is 107 Å². The monoisotopic (exact) mass is 272 g/mol. The highest BCUT2D eigenvalue weighted by Gasteiger charge is 2.16. The first-order valence-corrected chi connectivity index (χ1v) is 5.54. The van der Waals surface area contributed by atoms with Gasteiger partial charge in [-0.15, -0.1) is 0 Å². The third-order valence-electron chi connectivity index (χ3n) is 2.30. The van der Waals surface area contributed by atoms with Crippen LogP contribution in [0.15, 0.2) is 34.9 Å². The van der Waals surface area contributed by atoms with Gasteiger partial charge in [0.15, 0.2) is 5.78 Å². The zero-order valence-corrected chi connectivity index (χ0v) is 10.1. The number of ketones is 1. The van der Waals surface area contributed by atoms with E-state index >= 15 is 0 Å². The molecule has 2 rings (SSSR count). The average Bonchev–Trinajstić information content (AvgIpc) is 2.71. The van der Waals surface area contributed by atoms with E-state index in [0.717, 1.165) is 0 Å². The standard InChI is InChI=1S/C12H7Cl2FO2/c13-11-7(2-1-3-9(11)15)6-10(16)8-4-5-17-12(8)14/h1-5H,6H2. The van der Waals surface area contributed by atoms with E-state index in [4.69, 9.17) is 27.6 Å². The van der Waals surface area contributed by atoms with Crippen molar-refractivity contribution < 1.29 is 13.6 Å². The fraction of sp³-hybridized carbons (Fsp3) is 0.0833.